The Kier molecular flexibility index (Phi) is 3.94. The van der Waals surface area contributed by atoms with Crippen LogP contribution in [0.1, 0.15) is 40.0 Å². The second-order valence-electron chi connectivity index (χ2n) is 4.56. The third kappa shape index (κ3) is 2.28. The van der Waals surface area contributed by atoms with E-state index in [0.29, 0.717) is 0 Å². The molecule has 2 rings (SSSR count). The maximum atomic E-state index is 2.64. The zero-order valence-electron chi connectivity index (χ0n) is 10.5. The Morgan fingerprint density at radius 2 is 1.56 bits per heavy atom. The molecule has 0 fully saturated rings. The van der Waals surface area contributed by atoms with Gasteiger partial charge < -0.3 is 0 Å². The van der Waals surface area contributed by atoms with Gasteiger partial charge in [-0.1, -0.05) is 0 Å². The van der Waals surface area contributed by atoms with E-state index in [2.05, 4.69) is 49.4 Å². The van der Waals surface area contributed by atoms with Crippen molar-refractivity contribution in [3.63, 3.8) is 0 Å². The van der Waals surface area contributed by atoms with Crippen LogP contribution in [0.2, 0.25) is 0 Å². The molecule has 0 heterocycles. The Bertz CT molecular complexity index is 404. The Morgan fingerprint density at radius 1 is 1.06 bits per heavy atom. The molecule has 0 N–H and O–H groups in total. The van der Waals surface area contributed by atoms with Gasteiger partial charge >= 0.3 is 105 Å². The molecular weight excluding hydrogens is 228 g/mol. The molecule has 0 aliphatic heterocycles. The van der Waals surface area contributed by atoms with Crippen LogP contribution in [0.25, 0.3) is 0 Å². The van der Waals surface area contributed by atoms with Crippen molar-refractivity contribution >= 4 is 4.31 Å². The first-order valence-corrected chi connectivity index (χ1v) is 8.63. The molecule has 0 amide bonds. The second-order valence-corrected chi connectivity index (χ2v) is 8.38. The van der Waals surface area contributed by atoms with Crippen LogP contribution in [0.3, 0.4) is 0 Å². The van der Waals surface area contributed by atoms with E-state index in [-0.39, 0.29) is 0 Å². The molecule has 0 aromatic heterocycles. The third-order valence-electron chi connectivity index (χ3n) is 3.39. The van der Waals surface area contributed by atoms with Crippen molar-refractivity contribution in [2.75, 3.05) is 0 Å². The molecule has 0 aromatic rings. The van der Waals surface area contributed by atoms with E-state index in [4.69, 9.17) is 0 Å². The predicted octanol–water partition coefficient (Wildman–Crippen LogP) is 4.28. The summed E-state index contributed by atoms with van der Waals surface area (Å²) in [6.07, 6.45) is 12.9. The summed E-state index contributed by atoms with van der Waals surface area (Å²) in [7, 11) is 0. The molecule has 0 atom stereocenters. The minimum absolute atomic E-state index is 1.22. The van der Waals surface area contributed by atoms with Crippen molar-refractivity contribution in [1.29, 1.82) is 0 Å². The van der Waals surface area contributed by atoms with Crippen LogP contribution < -0.4 is 0 Å². The van der Waals surface area contributed by atoms with Crippen molar-refractivity contribution in [2.45, 2.75) is 40.0 Å². The van der Waals surface area contributed by atoms with Crippen LogP contribution in [0.15, 0.2) is 43.2 Å². The van der Waals surface area contributed by atoms with Crippen LogP contribution in [0, 0.1) is 0 Å². The van der Waals surface area contributed by atoms with Crippen LogP contribution in [0.5, 0.6) is 0 Å². The minimum atomic E-state index is -1.25. The van der Waals surface area contributed by atoms with Gasteiger partial charge in [0.05, 0.1) is 0 Å². The number of hydrogen-bond acceptors (Lipinski definition) is 0. The first kappa shape index (κ1) is 12.0. The van der Waals surface area contributed by atoms with Crippen molar-refractivity contribution in [2.24, 2.45) is 0 Å². The van der Waals surface area contributed by atoms with Gasteiger partial charge in [0.1, 0.15) is 0 Å². The molecule has 0 nitrogen and oxygen atoms in total. The van der Waals surface area contributed by atoms with E-state index in [1.54, 1.807) is 18.9 Å². The summed E-state index contributed by atoms with van der Waals surface area (Å²) in [6, 6.07) is 0. The summed E-state index contributed by atoms with van der Waals surface area (Å²) in [5, 5.41) is 0. The van der Waals surface area contributed by atoms with Gasteiger partial charge in [-0.3, -0.25) is 0 Å². The normalized spacial score (nSPS) is 18.9. The molecule has 84 valence electrons. The number of rotatable bonds is 3. The van der Waals surface area contributed by atoms with Gasteiger partial charge in [-0.15, -0.1) is 0 Å². The quantitative estimate of drug-likeness (QED) is 0.654. The van der Waals surface area contributed by atoms with Crippen molar-refractivity contribution < 1.29 is 17.4 Å². The van der Waals surface area contributed by atoms with E-state index < -0.39 is 17.4 Å². The van der Waals surface area contributed by atoms with Crippen molar-refractivity contribution in [1.82, 2.24) is 0 Å². The van der Waals surface area contributed by atoms with E-state index >= 15 is 0 Å². The van der Waals surface area contributed by atoms with Gasteiger partial charge in [0.15, 0.2) is 0 Å². The number of hydrogen-bond donors (Lipinski definition) is 0. The van der Waals surface area contributed by atoms with Crippen molar-refractivity contribution in [3.8, 4) is 0 Å². The van der Waals surface area contributed by atoms with Gasteiger partial charge in [-0.25, -0.2) is 0 Å². The zero-order valence-corrected chi connectivity index (χ0v) is 12.1. The third-order valence-corrected chi connectivity index (χ3v) is 8.56. The molecule has 0 unspecified atom stereocenters. The van der Waals surface area contributed by atoms with E-state index in [1.165, 1.54) is 19.3 Å². The summed E-state index contributed by atoms with van der Waals surface area (Å²) in [6.45, 7) is 6.85. The van der Waals surface area contributed by atoms with Crippen LogP contribution in [-0.4, -0.2) is 4.31 Å². The van der Waals surface area contributed by atoms with Crippen molar-refractivity contribution in [3.05, 3.63) is 43.2 Å². The SMILES string of the molecule is CC[CH]=[Ti]([C]1=C(C)C=CC1)[C]1=C(C)C=CC1. The topological polar surface area (TPSA) is 0 Å². The number of allylic oxidation sites excluding steroid dienone is 8. The monoisotopic (exact) mass is 248 g/mol. The summed E-state index contributed by atoms with van der Waals surface area (Å²) >= 11 is -1.25. The first-order valence-electron chi connectivity index (χ1n) is 6.17. The summed E-state index contributed by atoms with van der Waals surface area (Å²) in [5.41, 5.74) is 3.10. The van der Waals surface area contributed by atoms with E-state index in [9.17, 15) is 0 Å². The Labute approximate surface area is 105 Å². The zero-order chi connectivity index (χ0) is 11.5. The Hall–Kier alpha value is -0.456. The Balaban J connectivity index is 2.37. The molecule has 0 saturated heterocycles. The fourth-order valence-electron chi connectivity index (χ4n) is 2.51. The molecule has 2 aliphatic carbocycles. The molecule has 1 heteroatoms. The average molecular weight is 248 g/mol. The fourth-order valence-corrected chi connectivity index (χ4v) is 7.13. The summed E-state index contributed by atoms with van der Waals surface area (Å²) < 4.78 is 6.19. The molecule has 0 aromatic carbocycles. The first-order chi connectivity index (χ1) is 7.74. The second kappa shape index (κ2) is 5.25. The predicted molar refractivity (Wildman–Crippen MR) is 69.3 cm³/mol. The molecule has 0 bridgehead atoms. The fraction of sp³-hybridized carbons (Fsp3) is 0.400. The average Bonchev–Trinajstić information content (AvgIpc) is 2.84. The van der Waals surface area contributed by atoms with Gasteiger partial charge in [-0.2, -0.15) is 0 Å². The molecular formula is C15H20Ti. The van der Waals surface area contributed by atoms with Gasteiger partial charge in [0.25, 0.3) is 0 Å². The molecule has 16 heavy (non-hydrogen) atoms. The van der Waals surface area contributed by atoms with Gasteiger partial charge in [-0.05, 0) is 0 Å². The van der Waals surface area contributed by atoms with Gasteiger partial charge in [0, 0.05) is 0 Å². The standard InChI is InChI=1S/2C6H7.C3H6.Ti/c2*1-6-4-2-3-5-6;1-3-2;/h2*2,4H,3H2,1H3;1H,3H2,2H3;. The van der Waals surface area contributed by atoms with Crippen LogP contribution in [-0.2, 0) is 17.4 Å². The van der Waals surface area contributed by atoms with E-state index in [0.717, 1.165) is 0 Å². The van der Waals surface area contributed by atoms with Gasteiger partial charge in [0.2, 0.25) is 0 Å². The molecule has 0 spiro atoms. The molecule has 0 radical (unpaired) electrons. The Morgan fingerprint density at radius 3 is 1.88 bits per heavy atom. The molecule has 2 aliphatic rings. The summed E-state index contributed by atoms with van der Waals surface area (Å²) in [5.74, 6) is 0. The molecule has 0 saturated carbocycles. The van der Waals surface area contributed by atoms with E-state index in [1.807, 2.05) is 0 Å². The van der Waals surface area contributed by atoms with Crippen LogP contribution >= 0.6 is 0 Å². The maximum absolute atomic E-state index is 2.64. The van der Waals surface area contributed by atoms with Crippen LogP contribution in [0.4, 0.5) is 0 Å². The summed E-state index contributed by atoms with van der Waals surface area (Å²) in [4.78, 5) is 0.